The van der Waals surface area contributed by atoms with Crippen molar-refractivity contribution in [3.63, 3.8) is 0 Å². The molecule has 2 aliphatic rings. The maximum absolute atomic E-state index is 14.0. The molecule has 0 bridgehead atoms. The van der Waals surface area contributed by atoms with Crippen LogP contribution in [0, 0.1) is 17.0 Å². The minimum absolute atomic E-state index is 0.00900. The van der Waals surface area contributed by atoms with Crippen molar-refractivity contribution in [2.45, 2.75) is 12.8 Å². The summed E-state index contributed by atoms with van der Waals surface area (Å²) in [5.41, 5.74) is -1.38. The summed E-state index contributed by atoms with van der Waals surface area (Å²) in [6.07, 6.45) is 0.325. The molecule has 8 heteroatoms. The Hall–Kier alpha value is -2.51. The van der Waals surface area contributed by atoms with Gasteiger partial charge in [0.25, 0.3) is 5.91 Å². The number of likely N-dealkylation sites (tertiary alicyclic amines) is 1. The topological polar surface area (TPSA) is 75.7 Å². The summed E-state index contributed by atoms with van der Waals surface area (Å²) in [5.74, 6) is -4.33. The predicted octanol–water partition coefficient (Wildman–Crippen LogP) is 0.852. The van der Waals surface area contributed by atoms with Gasteiger partial charge >= 0.3 is 0 Å². The van der Waals surface area contributed by atoms with Crippen molar-refractivity contribution in [1.82, 2.24) is 10.2 Å². The second kappa shape index (κ2) is 5.29. The fourth-order valence-corrected chi connectivity index (χ4v) is 3.09. The van der Waals surface area contributed by atoms with Crippen molar-refractivity contribution in [3.8, 4) is 5.75 Å². The van der Waals surface area contributed by atoms with Crippen molar-refractivity contribution in [1.29, 1.82) is 0 Å². The lowest BCUT2D eigenvalue weighted by atomic mass is 9.85. The third kappa shape index (κ3) is 2.34. The molecule has 6 nitrogen and oxygen atoms in total. The molecule has 1 aromatic carbocycles. The smallest absolute Gasteiger partial charge is 0.256 e. The zero-order valence-electron chi connectivity index (χ0n) is 12.3. The van der Waals surface area contributed by atoms with Crippen LogP contribution in [0.15, 0.2) is 12.1 Å². The Labute approximate surface area is 130 Å². The fraction of sp³-hybridized carbons (Fsp3) is 0.400. The lowest BCUT2D eigenvalue weighted by molar-refractivity contribution is -0.128. The van der Waals surface area contributed by atoms with Gasteiger partial charge < -0.3 is 9.64 Å². The summed E-state index contributed by atoms with van der Waals surface area (Å²) in [6.45, 7) is 0.211. The highest BCUT2D eigenvalue weighted by molar-refractivity contribution is 6.06. The molecule has 0 aliphatic carbocycles. The van der Waals surface area contributed by atoms with E-state index in [0.29, 0.717) is 6.42 Å². The van der Waals surface area contributed by atoms with Crippen LogP contribution in [0.2, 0.25) is 0 Å². The van der Waals surface area contributed by atoms with Crippen molar-refractivity contribution in [3.05, 3.63) is 29.3 Å². The molecule has 1 spiro atoms. The van der Waals surface area contributed by atoms with Crippen LogP contribution < -0.4 is 10.1 Å². The zero-order valence-corrected chi connectivity index (χ0v) is 12.3. The normalized spacial score (nSPS) is 23.5. The number of halogens is 2. The largest absolute Gasteiger partial charge is 0.494 e. The van der Waals surface area contributed by atoms with Gasteiger partial charge in [-0.25, -0.2) is 4.39 Å². The van der Waals surface area contributed by atoms with E-state index in [0.717, 1.165) is 6.07 Å². The number of hydrogen-bond donors (Lipinski definition) is 1. The Morgan fingerprint density at radius 2 is 2.04 bits per heavy atom. The summed E-state index contributed by atoms with van der Waals surface area (Å²) in [6, 6.07) is 2.31. The van der Waals surface area contributed by atoms with E-state index in [2.05, 4.69) is 10.1 Å². The average Bonchev–Trinajstić information content (AvgIpc) is 3.05. The molecule has 2 saturated heterocycles. The van der Waals surface area contributed by atoms with Gasteiger partial charge in [0.15, 0.2) is 11.6 Å². The van der Waals surface area contributed by atoms with Gasteiger partial charge in [0, 0.05) is 19.5 Å². The highest BCUT2D eigenvalue weighted by Gasteiger charge is 2.52. The maximum atomic E-state index is 14.0. The van der Waals surface area contributed by atoms with E-state index in [-0.39, 0.29) is 31.2 Å². The zero-order chi connectivity index (χ0) is 16.8. The highest BCUT2D eigenvalue weighted by Crippen LogP contribution is 2.38. The number of methoxy groups -OCH3 is 1. The van der Waals surface area contributed by atoms with Crippen LogP contribution in [0.3, 0.4) is 0 Å². The Bertz CT molecular complexity index is 722. The van der Waals surface area contributed by atoms with E-state index >= 15 is 0 Å². The molecule has 0 aromatic heterocycles. The molecule has 1 atom stereocenters. The molecule has 122 valence electrons. The van der Waals surface area contributed by atoms with E-state index in [9.17, 15) is 23.2 Å². The number of nitrogens with one attached hydrogen (secondary N) is 1. The quantitative estimate of drug-likeness (QED) is 0.819. The lowest BCUT2D eigenvalue weighted by Crippen LogP contribution is -2.37. The Morgan fingerprint density at radius 1 is 1.30 bits per heavy atom. The molecular formula is C15H14F2N2O4. The molecule has 0 radical (unpaired) electrons. The van der Waals surface area contributed by atoms with Crippen LogP contribution in [-0.4, -0.2) is 42.8 Å². The first-order valence-electron chi connectivity index (χ1n) is 7.03. The van der Waals surface area contributed by atoms with E-state index in [1.807, 2.05) is 0 Å². The third-order valence-corrected chi connectivity index (χ3v) is 4.37. The van der Waals surface area contributed by atoms with Gasteiger partial charge in [-0.15, -0.1) is 0 Å². The van der Waals surface area contributed by atoms with Crippen molar-refractivity contribution < 1.29 is 27.9 Å². The van der Waals surface area contributed by atoms with Gasteiger partial charge in [0.05, 0.1) is 18.1 Å². The van der Waals surface area contributed by atoms with Gasteiger partial charge in [-0.05, 0) is 18.6 Å². The van der Waals surface area contributed by atoms with Crippen molar-refractivity contribution in [2.24, 2.45) is 5.41 Å². The number of hydrogen-bond acceptors (Lipinski definition) is 4. The number of benzene rings is 1. The summed E-state index contributed by atoms with van der Waals surface area (Å²) in [4.78, 5) is 36.9. The number of ether oxygens (including phenoxy) is 1. The molecule has 23 heavy (non-hydrogen) atoms. The van der Waals surface area contributed by atoms with E-state index in [4.69, 9.17) is 0 Å². The van der Waals surface area contributed by atoms with Crippen LogP contribution in [-0.2, 0) is 9.59 Å². The summed E-state index contributed by atoms with van der Waals surface area (Å²) < 4.78 is 32.4. The van der Waals surface area contributed by atoms with Gasteiger partial charge in [0.2, 0.25) is 17.6 Å². The van der Waals surface area contributed by atoms with Crippen molar-refractivity contribution in [2.75, 3.05) is 20.2 Å². The summed E-state index contributed by atoms with van der Waals surface area (Å²) >= 11 is 0. The molecule has 2 aliphatic heterocycles. The number of imide groups is 1. The third-order valence-electron chi connectivity index (χ3n) is 4.37. The van der Waals surface area contributed by atoms with Gasteiger partial charge in [-0.2, -0.15) is 4.39 Å². The summed E-state index contributed by atoms with van der Waals surface area (Å²) in [7, 11) is 1.19. The number of carbonyl (C=O) groups excluding carboxylic acids is 3. The van der Waals surface area contributed by atoms with Crippen LogP contribution in [0.5, 0.6) is 5.75 Å². The Kier molecular flexibility index (Phi) is 3.54. The number of amides is 3. The second-order valence-electron chi connectivity index (χ2n) is 5.75. The minimum Gasteiger partial charge on any atom is -0.494 e. The fourth-order valence-electron chi connectivity index (χ4n) is 3.09. The number of nitrogens with zero attached hydrogens (tertiary/aromatic N) is 1. The van der Waals surface area contributed by atoms with Crippen molar-refractivity contribution >= 4 is 17.7 Å². The van der Waals surface area contributed by atoms with Crippen LogP contribution >= 0.6 is 0 Å². The molecule has 3 amide bonds. The van der Waals surface area contributed by atoms with Crippen LogP contribution in [0.1, 0.15) is 23.2 Å². The van der Waals surface area contributed by atoms with Crippen LogP contribution in [0.4, 0.5) is 8.78 Å². The minimum atomic E-state index is -1.29. The second-order valence-corrected chi connectivity index (χ2v) is 5.75. The monoisotopic (exact) mass is 324 g/mol. The van der Waals surface area contributed by atoms with E-state index in [1.165, 1.54) is 18.1 Å². The van der Waals surface area contributed by atoms with E-state index in [1.54, 1.807) is 0 Å². The molecule has 3 rings (SSSR count). The first-order chi connectivity index (χ1) is 10.9. The summed E-state index contributed by atoms with van der Waals surface area (Å²) in [5, 5.41) is 2.22. The molecular weight excluding hydrogens is 310 g/mol. The molecule has 1 N–H and O–H groups in total. The standard InChI is InChI=1S/C15H14F2N2O4/c1-23-9-3-2-8(11(16)12(9)17)13(21)19-5-4-15(7-19)6-10(20)18-14(15)22/h2-3H,4-7H2,1H3,(H,18,20,22)/t15-/m1/s1. The molecule has 0 unspecified atom stereocenters. The average molecular weight is 324 g/mol. The highest BCUT2D eigenvalue weighted by atomic mass is 19.2. The van der Waals surface area contributed by atoms with Crippen LogP contribution in [0.25, 0.3) is 0 Å². The maximum Gasteiger partial charge on any atom is 0.256 e. The first kappa shape index (κ1) is 15.4. The number of rotatable bonds is 2. The number of carbonyl (C=O) groups is 3. The predicted molar refractivity (Wildman–Crippen MR) is 73.6 cm³/mol. The molecule has 2 fully saturated rings. The Morgan fingerprint density at radius 3 is 2.65 bits per heavy atom. The molecule has 1 aromatic rings. The SMILES string of the molecule is COc1ccc(C(=O)N2CC[C@@]3(CC(=O)NC3=O)C2)c(F)c1F. The Balaban J connectivity index is 1.84. The van der Waals surface area contributed by atoms with Gasteiger partial charge in [-0.1, -0.05) is 0 Å². The molecule has 0 saturated carbocycles. The van der Waals surface area contributed by atoms with E-state index < -0.39 is 34.4 Å². The van der Waals surface area contributed by atoms with Gasteiger partial charge in [-0.3, -0.25) is 19.7 Å². The van der Waals surface area contributed by atoms with Gasteiger partial charge in [0.1, 0.15) is 0 Å². The first-order valence-corrected chi connectivity index (χ1v) is 7.03. The lowest BCUT2D eigenvalue weighted by Gasteiger charge is -2.20. The molecule has 2 heterocycles.